The number of nitrogens with two attached hydrogens (primary N) is 1. The molecule has 4 atom stereocenters. The van der Waals surface area contributed by atoms with Gasteiger partial charge in [0.15, 0.2) is 0 Å². The average Bonchev–Trinajstić information content (AvgIpc) is 2.77. The SMILES string of the molecule is C[C@@H](O)C1C(=O)N2C(C(=O)O)=C(SC3CN(S(=O)(=O)NCC(N)=O)C3)[C@H](C)C12. The minimum absolute atomic E-state index is 0.0856. The maximum absolute atomic E-state index is 12.3. The average molecular weight is 434 g/mol. The number of aliphatic hydroxyl groups is 1. The van der Waals surface area contributed by atoms with Gasteiger partial charge in [-0.2, -0.15) is 17.4 Å². The highest BCUT2D eigenvalue weighted by atomic mass is 32.2. The smallest absolute Gasteiger partial charge is 0.353 e. The summed E-state index contributed by atoms with van der Waals surface area (Å²) in [6, 6.07) is -0.404. The van der Waals surface area contributed by atoms with Crippen LogP contribution in [0.15, 0.2) is 10.6 Å². The Labute approximate surface area is 166 Å². The number of aliphatic carboxylic acids is 1. The number of carbonyl (C=O) groups is 3. The molecule has 3 heterocycles. The molecule has 2 unspecified atom stereocenters. The first-order chi connectivity index (χ1) is 13.0. The van der Waals surface area contributed by atoms with Crippen LogP contribution in [0.5, 0.6) is 0 Å². The molecule has 0 aromatic carbocycles. The summed E-state index contributed by atoms with van der Waals surface area (Å²) in [5, 5.41) is 19.2. The summed E-state index contributed by atoms with van der Waals surface area (Å²) >= 11 is 1.24. The summed E-state index contributed by atoms with van der Waals surface area (Å²) < 4.78 is 27.3. The fourth-order valence-electron chi connectivity index (χ4n) is 3.78. The van der Waals surface area contributed by atoms with Gasteiger partial charge in [-0.05, 0) is 6.92 Å². The standard InChI is InChI=1S/C15H22N4O7S2/c1-6-11-10(7(2)20)14(22)19(11)12(15(23)24)13(6)27-8-4-18(5-8)28(25,26)17-3-9(16)21/h6-8,10-11,17,20H,3-5H2,1-2H3,(H2,16,21)(H,23,24)/t6-,7-,10?,11?/m1/s1. The van der Waals surface area contributed by atoms with E-state index in [9.17, 15) is 33.0 Å². The Morgan fingerprint density at radius 3 is 2.50 bits per heavy atom. The summed E-state index contributed by atoms with van der Waals surface area (Å²) in [6.07, 6.45) is -0.878. The number of primary amides is 1. The monoisotopic (exact) mass is 434 g/mol. The van der Waals surface area contributed by atoms with Crippen LogP contribution in [0.4, 0.5) is 0 Å². The fourth-order valence-corrected chi connectivity index (χ4v) is 6.75. The van der Waals surface area contributed by atoms with E-state index in [1.54, 1.807) is 6.92 Å². The zero-order chi connectivity index (χ0) is 21.0. The third-order valence-corrected chi connectivity index (χ3v) is 8.13. The van der Waals surface area contributed by atoms with E-state index < -0.39 is 52.6 Å². The molecule has 28 heavy (non-hydrogen) atoms. The Morgan fingerprint density at radius 1 is 1.39 bits per heavy atom. The van der Waals surface area contributed by atoms with E-state index in [0.29, 0.717) is 4.91 Å². The Balaban J connectivity index is 1.69. The van der Waals surface area contributed by atoms with Crippen LogP contribution in [0.3, 0.4) is 0 Å². The second-order valence-electron chi connectivity index (χ2n) is 7.12. The number of rotatable bonds is 8. The van der Waals surface area contributed by atoms with E-state index in [-0.39, 0.29) is 30.0 Å². The lowest BCUT2D eigenvalue weighted by Crippen LogP contribution is -2.63. The van der Waals surface area contributed by atoms with Crippen molar-refractivity contribution in [1.82, 2.24) is 13.9 Å². The Kier molecular flexibility index (Phi) is 5.49. The second kappa shape index (κ2) is 7.30. The summed E-state index contributed by atoms with van der Waals surface area (Å²) in [5.74, 6) is -3.34. The molecule has 2 amide bonds. The minimum Gasteiger partial charge on any atom is -0.477 e. The lowest BCUT2D eigenvalue weighted by molar-refractivity contribution is -0.163. The van der Waals surface area contributed by atoms with E-state index >= 15 is 0 Å². The molecule has 156 valence electrons. The fraction of sp³-hybridized carbons (Fsp3) is 0.667. The number of aliphatic hydroxyl groups excluding tert-OH is 1. The number of thioether (sulfide) groups is 1. The molecule has 0 aromatic heterocycles. The Morgan fingerprint density at radius 2 is 2.00 bits per heavy atom. The van der Waals surface area contributed by atoms with Crippen LogP contribution in [0, 0.1) is 11.8 Å². The third-order valence-electron chi connectivity index (χ3n) is 5.19. The van der Waals surface area contributed by atoms with Crippen LogP contribution < -0.4 is 10.5 Å². The van der Waals surface area contributed by atoms with Gasteiger partial charge < -0.3 is 20.8 Å². The zero-order valence-electron chi connectivity index (χ0n) is 15.2. The first kappa shape index (κ1) is 21.0. The van der Waals surface area contributed by atoms with Crippen molar-refractivity contribution >= 4 is 39.8 Å². The molecule has 3 aliphatic heterocycles. The number of carboxylic acid groups (broad SMARTS) is 1. The molecule has 2 saturated heterocycles. The van der Waals surface area contributed by atoms with Crippen LogP contribution in [0.25, 0.3) is 0 Å². The van der Waals surface area contributed by atoms with Gasteiger partial charge in [0.25, 0.3) is 10.2 Å². The molecule has 0 aromatic rings. The van der Waals surface area contributed by atoms with E-state index in [1.807, 2.05) is 0 Å². The number of hydrogen-bond acceptors (Lipinski definition) is 7. The maximum atomic E-state index is 12.3. The molecule has 0 saturated carbocycles. The van der Waals surface area contributed by atoms with Crippen molar-refractivity contribution < 1.29 is 33.0 Å². The first-order valence-corrected chi connectivity index (χ1v) is 11.0. The van der Waals surface area contributed by atoms with Gasteiger partial charge in [-0.25, -0.2) is 4.79 Å². The summed E-state index contributed by atoms with van der Waals surface area (Å²) in [6.45, 7) is 3.09. The van der Waals surface area contributed by atoms with Gasteiger partial charge in [-0.15, -0.1) is 11.8 Å². The van der Waals surface area contributed by atoms with Gasteiger partial charge >= 0.3 is 5.97 Å². The highest BCUT2D eigenvalue weighted by molar-refractivity contribution is 8.04. The van der Waals surface area contributed by atoms with E-state index in [1.165, 1.54) is 23.6 Å². The van der Waals surface area contributed by atoms with Gasteiger partial charge in [0.1, 0.15) is 5.70 Å². The lowest BCUT2D eigenvalue weighted by Gasteiger charge is -2.46. The van der Waals surface area contributed by atoms with Crippen molar-refractivity contribution in [2.75, 3.05) is 19.6 Å². The molecule has 2 fully saturated rings. The predicted octanol–water partition coefficient (Wildman–Crippen LogP) is -2.12. The number of nitrogens with one attached hydrogen (secondary N) is 1. The largest absolute Gasteiger partial charge is 0.477 e. The van der Waals surface area contributed by atoms with Gasteiger partial charge in [0.05, 0.1) is 24.6 Å². The minimum atomic E-state index is -3.83. The molecular formula is C15H22N4O7S2. The second-order valence-corrected chi connectivity index (χ2v) is 10.2. The molecule has 0 aliphatic carbocycles. The van der Waals surface area contributed by atoms with Crippen LogP contribution in [0.2, 0.25) is 0 Å². The van der Waals surface area contributed by atoms with Crippen molar-refractivity contribution in [3.63, 3.8) is 0 Å². The van der Waals surface area contributed by atoms with Crippen molar-refractivity contribution in [2.45, 2.75) is 31.2 Å². The summed E-state index contributed by atoms with van der Waals surface area (Å²) in [4.78, 5) is 36.5. The van der Waals surface area contributed by atoms with Crippen LogP contribution in [0.1, 0.15) is 13.8 Å². The number of carbonyl (C=O) groups excluding carboxylic acids is 2. The van der Waals surface area contributed by atoms with Crippen LogP contribution >= 0.6 is 11.8 Å². The number of nitrogens with zero attached hydrogens (tertiary/aromatic N) is 2. The van der Waals surface area contributed by atoms with E-state index in [2.05, 4.69) is 4.72 Å². The molecule has 3 aliphatic rings. The quantitative estimate of drug-likeness (QED) is 0.314. The van der Waals surface area contributed by atoms with Crippen molar-refractivity contribution in [3.8, 4) is 0 Å². The number of fused-ring (bicyclic) bond motifs is 1. The molecule has 13 heteroatoms. The highest BCUT2D eigenvalue weighted by Gasteiger charge is 2.60. The third kappa shape index (κ3) is 3.41. The van der Waals surface area contributed by atoms with Gasteiger partial charge in [0, 0.05) is 29.2 Å². The topological polar surface area (TPSA) is 170 Å². The molecular weight excluding hydrogens is 412 g/mol. The van der Waals surface area contributed by atoms with Crippen LogP contribution in [-0.4, -0.2) is 82.6 Å². The lowest BCUT2D eigenvalue weighted by atomic mass is 9.79. The highest BCUT2D eigenvalue weighted by Crippen LogP contribution is 2.51. The number of β-lactam (4-membered cyclic amide) rings is 1. The summed E-state index contributed by atoms with van der Waals surface area (Å²) in [5.41, 5.74) is 4.84. The molecule has 0 radical (unpaired) electrons. The molecule has 3 rings (SSSR count). The van der Waals surface area contributed by atoms with E-state index in [0.717, 1.165) is 4.31 Å². The first-order valence-electron chi connectivity index (χ1n) is 8.64. The maximum Gasteiger partial charge on any atom is 0.353 e. The summed E-state index contributed by atoms with van der Waals surface area (Å²) in [7, 11) is -3.83. The molecule has 11 nitrogen and oxygen atoms in total. The molecule has 0 spiro atoms. The predicted molar refractivity (Wildman–Crippen MR) is 98.7 cm³/mol. The van der Waals surface area contributed by atoms with Gasteiger partial charge in [-0.1, -0.05) is 6.92 Å². The molecule has 0 bridgehead atoms. The molecule has 5 N–H and O–H groups in total. The van der Waals surface area contributed by atoms with E-state index in [4.69, 9.17) is 5.73 Å². The number of carboxylic acids is 1. The normalized spacial score (nSPS) is 29.3. The Bertz CT molecular complexity index is 850. The van der Waals surface area contributed by atoms with Crippen molar-refractivity contribution in [1.29, 1.82) is 0 Å². The zero-order valence-corrected chi connectivity index (χ0v) is 16.9. The van der Waals surface area contributed by atoms with Gasteiger partial charge in [0.2, 0.25) is 11.8 Å². The van der Waals surface area contributed by atoms with Crippen molar-refractivity contribution in [3.05, 3.63) is 10.6 Å². The number of amides is 2. The Hall–Kier alpha value is -1.67. The van der Waals surface area contributed by atoms with Crippen molar-refractivity contribution in [2.24, 2.45) is 17.6 Å². The van der Waals surface area contributed by atoms with Gasteiger partial charge in [-0.3, -0.25) is 9.59 Å². The number of hydrogen-bond donors (Lipinski definition) is 4. The van der Waals surface area contributed by atoms with Crippen LogP contribution in [-0.2, 0) is 24.6 Å².